The SMILES string of the molecule is CN(CCC(N)(C(N)=O)c1ccccc1)C1CCCCC1. The Bertz CT molecular complexity index is 456. The van der Waals surface area contributed by atoms with Crippen molar-refractivity contribution < 1.29 is 4.79 Å². The van der Waals surface area contributed by atoms with Gasteiger partial charge in [-0.05, 0) is 31.9 Å². The summed E-state index contributed by atoms with van der Waals surface area (Å²) in [5.41, 5.74) is 11.6. The number of hydrogen-bond donors (Lipinski definition) is 2. The summed E-state index contributed by atoms with van der Waals surface area (Å²) in [6, 6.07) is 10.1. The van der Waals surface area contributed by atoms with Gasteiger partial charge in [0, 0.05) is 12.6 Å². The highest BCUT2D eigenvalue weighted by Crippen LogP contribution is 2.25. The molecular weight excluding hydrogens is 262 g/mol. The zero-order chi connectivity index (χ0) is 15.3. The largest absolute Gasteiger partial charge is 0.368 e. The lowest BCUT2D eigenvalue weighted by Crippen LogP contribution is -2.51. The van der Waals surface area contributed by atoms with Crippen molar-refractivity contribution in [1.29, 1.82) is 0 Å². The predicted octanol–water partition coefficient (Wildman–Crippen LogP) is 1.98. The van der Waals surface area contributed by atoms with E-state index in [0.29, 0.717) is 12.5 Å². The first-order chi connectivity index (χ1) is 10.0. The summed E-state index contributed by atoms with van der Waals surface area (Å²) in [4.78, 5) is 14.2. The topological polar surface area (TPSA) is 72.3 Å². The van der Waals surface area contributed by atoms with E-state index in [1.54, 1.807) is 0 Å². The van der Waals surface area contributed by atoms with E-state index in [-0.39, 0.29) is 0 Å². The summed E-state index contributed by atoms with van der Waals surface area (Å²) < 4.78 is 0. The summed E-state index contributed by atoms with van der Waals surface area (Å²) in [5, 5.41) is 0. The van der Waals surface area contributed by atoms with Crippen LogP contribution in [0.4, 0.5) is 0 Å². The molecule has 1 unspecified atom stereocenters. The highest BCUT2D eigenvalue weighted by molar-refractivity contribution is 5.85. The van der Waals surface area contributed by atoms with Crippen molar-refractivity contribution in [3.63, 3.8) is 0 Å². The number of benzene rings is 1. The van der Waals surface area contributed by atoms with Crippen LogP contribution in [0.5, 0.6) is 0 Å². The van der Waals surface area contributed by atoms with Gasteiger partial charge in [-0.1, -0.05) is 49.6 Å². The lowest BCUT2D eigenvalue weighted by atomic mass is 9.86. The molecule has 1 amide bonds. The van der Waals surface area contributed by atoms with Crippen molar-refractivity contribution in [1.82, 2.24) is 4.90 Å². The van der Waals surface area contributed by atoms with E-state index in [1.807, 2.05) is 30.3 Å². The summed E-state index contributed by atoms with van der Waals surface area (Å²) in [5.74, 6) is -0.453. The molecule has 0 bridgehead atoms. The molecule has 1 fully saturated rings. The zero-order valence-corrected chi connectivity index (χ0v) is 12.9. The van der Waals surface area contributed by atoms with Gasteiger partial charge in [0.25, 0.3) is 0 Å². The number of primary amides is 1. The van der Waals surface area contributed by atoms with Crippen LogP contribution < -0.4 is 11.5 Å². The Balaban J connectivity index is 2.01. The Kier molecular flexibility index (Phi) is 5.37. The van der Waals surface area contributed by atoms with Gasteiger partial charge in [-0.3, -0.25) is 4.79 Å². The zero-order valence-electron chi connectivity index (χ0n) is 12.9. The van der Waals surface area contributed by atoms with Crippen LogP contribution in [0, 0.1) is 0 Å². The normalized spacial score (nSPS) is 19.4. The lowest BCUT2D eigenvalue weighted by Gasteiger charge is -2.34. The maximum atomic E-state index is 11.9. The average molecular weight is 289 g/mol. The molecule has 1 atom stereocenters. The Morgan fingerprint density at radius 1 is 1.24 bits per heavy atom. The van der Waals surface area contributed by atoms with Crippen molar-refractivity contribution in [3.8, 4) is 0 Å². The molecule has 21 heavy (non-hydrogen) atoms. The third-order valence-electron chi connectivity index (χ3n) is 4.79. The molecule has 0 aliphatic heterocycles. The highest BCUT2D eigenvalue weighted by atomic mass is 16.1. The molecule has 0 radical (unpaired) electrons. The number of rotatable bonds is 6. The molecule has 0 spiro atoms. The molecule has 0 heterocycles. The Hall–Kier alpha value is -1.39. The Morgan fingerprint density at radius 2 is 1.86 bits per heavy atom. The second-order valence-electron chi connectivity index (χ2n) is 6.22. The van der Waals surface area contributed by atoms with Gasteiger partial charge in [-0.2, -0.15) is 0 Å². The van der Waals surface area contributed by atoms with E-state index in [9.17, 15) is 4.79 Å². The monoisotopic (exact) mass is 289 g/mol. The minimum absolute atomic E-state index is 0.453. The molecule has 4 N–H and O–H groups in total. The fraction of sp³-hybridized carbons (Fsp3) is 0.588. The van der Waals surface area contributed by atoms with E-state index in [1.165, 1.54) is 32.1 Å². The molecule has 116 valence electrons. The number of nitrogens with two attached hydrogens (primary N) is 2. The molecule has 1 saturated carbocycles. The minimum Gasteiger partial charge on any atom is -0.368 e. The van der Waals surface area contributed by atoms with Gasteiger partial charge < -0.3 is 16.4 Å². The molecule has 1 aliphatic carbocycles. The fourth-order valence-corrected chi connectivity index (χ4v) is 3.20. The van der Waals surface area contributed by atoms with E-state index in [4.69, 9.17) is 11.5 Å². The van der Waals surface area contributed by atoms with Crippen LogP contribution in [-0.2, 0) is 10.3 Å². The number of nitrogens with zero attached hydrogens (tertiary/aromatic N) is 1. The molecule has 2 rings (SSSR count). The van der Waals surface area contributed by atoms with Crippen molar-refractivity contribution in [2.45, 2.75) is 50.1 Å². The molecule has 1 aliphatic rings. The van der Waals surface area contributed by atoms with Gasteiger partial charge in [0.1, 0.15) is 5.54 Å². The number of amides is 1. The van der Waals surface area contributed by atoms with E-state index in [0.717, 1.165) is 12.1 Å². The molecule has 4 nitrogen and oxygen atoms in total. The van der Waals surface area contributed by atoms with Gasteiger partial charge >= 0.3 is 0 Å². The second-order valence-corrected chi connectivity index (χ2v) is 6.22. The van der Waals surface area contributed by atoms with Gasteiger partial charge in [0.2, 0.25) is 5.91 Å². The first kappa shape index (κ1) is 16.0. The quantitative estimate of drug-likeness (QED) is 0.841. The molecule has 4 heteroatoms. The summed E-state index contributed by atoms with van der Waals surface area (Å²) in [6.07, 6.45) is 7.00. The standard InChI is InChI=1S/C17H27N3O/c1-20(15-10-6-3-7-11-15)13-12-17(19,16(18)21)14-8-4-2-5-9-14/h2,4-5,8-9,15H,3,6-7,10-13,19H2,1H3,(H2,18,21). The van der Waals surface area contributed by atoms with Gasteiger partial charge in [-0.25, -0.2) is 0 Å². The maximum absolute atomic E-state index is 11.9. The number of carbonyl (C=O) groups is 1. The van der Waals surface area contributed by atoms with E-state index >= 15 is 0 Å². The van der Waals surface area contributed by atoms with Crippen molar-refractivity contribution in [2.75, 3.05) is 13.6 Å². The third-order valence-corrected chi connectivity index (χ3v) is 4.79. The first-order valence-electron chi connectivity index (χ1n) is 7.88. The average Bonchev–Trinajstić information content (AvgIpc) is 2.53. The minimum atomic E-state index is -1.08. The van der Waals surface area contributed by atoms with E-state index in [2.05, 4.69) is 11.9 Å². The van der Waals surface area contributed by atoms with Gasteiger partial charge in [0.05, 0.1) is 0 Å². The van der Waals surface area contributed by atoms with E-state index < -0.39 is 11.4 Å². The number of hydrogen-bond acceptors (Lipinski definition) is 3. The predicted molar refractivity (Wildman–Crippen MR) is 85.6 cm³/mol. The summed E-state index contributed by atoms with van der Waals surface area (Å²) >= 11 is 0. The van der Waals surface area contributed by atoms with Crippen LogP contribution in [0.2, 0.25) is 0 Å². The van der Waals surface area contributed by atoms with Crippen LogP contribution in [0.15, 0.2) is 30.3 Å². The Labute approximate surface area is 127 Å². The Morgan fingerprint density at radius 3 is 2.43 bits per heavy atom. The summed E-state index contributed by atoms with van der Waals surface area (Å²) in [6.45, 7) is 0.791. The molecule has 1 aromatic rings. The van der Waals surface area contributed by atoms with Crippen LogP contribution in [-0.4, -0.2) is 30.4 Å². The third kappa shape index (κ3) is 3.83. The first-order valence-corrected chi connectivity index (χ1v) is 7.88. The van der Waals surface area contributed by atoms with Crippen LogP contribution >= 0.6 is 0 Å². The van der Waals surface area contributed by atoms with Gasteiger partial charge in [0.15, 0.2) is 0 Å². The second kappa shape index (κ2) is 7.05. The van der Waals surface area contributed by atoms with Crippen LogP contribution in [0.1, 0.15) is 44.1 Å². The van der Waals surface area contributed by atoms with Gasteiger partial charge in [-0.15, -0.1) is 0 Å². The molecule has 0 saturated heterocycles. The van der Waals surface area contributed by atoms with Crippen LogP contribution in [0.3, 0.4) is 0 Å². The maximum Gasteiger partial charge on any atom is 0.242 e. The van der Waals surface area contributed by atoms with Crippen molar-refractivity contribution in [3.05, 3.63) is 35.9 Å². The smallest absolute Gasteiger partial charge is 0.242 e. The molecular formula is C17H27N3O. The highest BCUT2D eigenvalue weighted by Gasteiger charge is 2.34. The van der Waals surface area contributed by atoms with Crippen molar-refractivity contribution >= 4 is 5.91 Å². The number of carbonyl (C=O) groups excluding carboxylic acids is 1. The summed E-state index contributed by atoms with van der Waals surface area (Å²) in [7, 11) is 2.13. The van der Waals surface area contributed by atoms with Crippen molar-refractivity contribution in [2.24, 2.45) is 11.5 Å². The lowest BCUT2D eigenvalue weighted by molar-refractivity contribution is -0.123. The molecule has 1 aromatic carbocycles. The fourth-order valence-electron chi connectivity index (χ4n) is 3.20. The van der Waals surface area contributed by atoms with Crippen LogP contribution in [0.25, 0.3) is 0 Å². The molecule has 0 aromatic heterocycles.